The van der Waals surface area contributed by atoms with Crippen molar-refractivity contribution in [2.45, 2.75) is 19.1 Å². The summed E-state index contributed by atoms with van der Waals surface area (Å²) in [5.74, 6) is 0.858. The van der Waals surface area contributed by atoms with Gasteiger partial charge in [0.1, 0.15) is 11.6 Å². The topological polar surface area (TPSA) is 118 Å². The number of hydrogen-bond donors (Lipinski definition) is 4. The predicted octanol–water partition coefficient (Wildman–Crippen LogP) is 3.16. The largest absolute Gasteiger partial charge is 0.497 e. The Morgan fingerprint density at radius 1 is 1.30 bits per heavy atom. The Bertz CT molecular complexity index is 1080. The van der Waals surface area contributed by atoms with Gasteiger partial charge >= 0.3 is 6.03 Å². The van der Waals surface area contributed by atoms with E-state index in [4.69, 9.17) is 10.1 Å². The highest BCUT2D eigenvalue weighted by molar-refractivity contribution is 6.02. The minimum absolute atomic E-state index is 0.166. The number of aliphatic hydroxyl groups is 1. The van der Waals surface area contributed by atoms with Gasteiger partial charge in [-0.05, 0) is 41.8 Å². The molecule has 0 saturated carbocycles. The van der Waals surface area contributed by atoms with Crippen molar-refractivity contribution in [3.8, 4) is 16.9 Å². The van der Waals surface area contributed by atoms with E-state index >= 15 is 0 Å². The van der Waals surface area contributed by atoms with Crippen LogP contribution in [0.25, 0.3) is 11.1 Å². The molecule has 2 heterocycles. The standard InChI is InChI=1S/C24H28N6O3/c1-33-22-4-2-3-17(11-22)14-30(23(25)16-29-10-9-21(31)15-29)24(32)28-20-7-5-18(6-8-20)19-12-26-27-13-19/h2-8,11-13,21,25,31H,9-10,14-16H2,1H3,(H,26,27)(H,28,32). The molecule has 1 unspecified atom stereocenters. The third-order valence-corrected chi connectivity index (χ3v) is 5.63. The van der Waals surface area contributed by atoms with Crippen molar-refractivity contribution in [3.63, 3.8) is 0 Å². The number of nitrogens with one attached hydrogen (secondary N) is 3. The summed E-state index contributed by atoms with van der Waals surface area (Å²) in [7, 11) is 1.59. The fourth-order valence-corrected chi connectivity index (χ4v) is 3.84. The molecular formula is C24H28N6O3. The summed E-state index contributed by atoms with van der Waals surface area (Å²) in [5.41, 5.74) is 3.43. The summed E-state index contributed by atoms with van der Waals surface area (Å²) in [5, 5.41) is 28.1. The third-order valence-electron chi connectivity index (χ3n) is 5.63. The highest BCUT2D eigenvalue weighted by Crippen LogP contribution is 2.21. The molecule has 0 spiro atoms. The number of β-amino-alcohol motifs (C(OH)–C–C–N with tert-alkyl or cyclic N) is 1. The molecule has 4 rings (SSSR count). The summed E-state index contributed by atoms with van der Waals surface area (Å²) in [6.07, 6.45) is 3.84. The van der Waals surface area contributed by atoms with Crippen LogP contribution in [0.2, 0.25) is 0 Å². The number of methoxy groups -OCH3 is 1. The van der Waals surface area contributed by atoms with Crippen molar-refractivity contribution in [3.05, 3.63) is 66.5 Å². The van der Waals surface area contributed by atoms with Gasteiger partial charge in [-0.15, -0.1) is 0 Å². The summed E-state index contributed by atoms with van der Waals surface area (Å²) in [4.78, 5) is 16.6. The Morgan fingerprint density at radius 2 is 2.12 bits per heavy atom. The summed E-state index contributed by atoms with van der Waals surface area (Å²) in [6, 6.07) is 14.5. The highest BCUT2D eigenvalue weighted by Gasteiger charge is 2.25. The molecular weight excluding hydrogens is 420 g/mol. The van der Waals surface area contributed by atoms with Gasteiger partial charge in [-0.3, -0.25) is 20.3 Å². The molecule has 1 aromatic heterocycles. The maximum absolute atomic E-state index is 13.2. The number of aromatic nitrogens is 2. The van der Waals surface area contributed by atoms with E-state index < -0.39 is 6.03 Å². The molecule has 172 valence electrons. The molecule has 1 aliphatic heterocycles. The Kier molecular flexibility index (Phi) is 7.01. The summed E-state index contributed by atoms with van der Waals surface area (Å²) >= 11 is 0. The average Bonchev–Trinajstić information content (AvgIpc) is 3.50. The van der Waals surface area contributed by atoms with Gasteiger partial charge in [0, 0.05) is 30.5 Å². The average molecular weight is 449 g/mol. The Hall–Kier alpha value is -3.69. The van der Waals surface area contributed by atoms with Gasteiger partial charge in [0.25, 0.3) is 0 Å². The Balaban J connectivity index is 1.49. The van der Waals surface area contributed by atoms with Gasteiger partial charge in [0.15, 0.2) is 0 Å². The number of amidine groups is 1. The molecule has 1 atom stereocenters. The van der Waals surface area contributed by atoms with Crippen LogP contribution in [0.15, 0.2) is 60.9 Å². The second-order valence-corrected chi connectivity index (χ2v) is 8.06. The third kappa shape index (κ3) is 5.76. The fourth-order valence-electron chi connectivity index (χ4n) is 3.84. The van der Waals surface area contributed by atoms with Crippen molar-refractivity contribution in [1.82, 2.24) is 20.0 Å². The molecule has 0 aliphatic carbocycles. The van der Waals surface area contributed by atoms with Gasteiger partial charge in [-0.2, -0.15) is 5.10 Å². The number of aromatic amines is 1. The molecule has 0 radical (unpaired) electrons. The van der Waals surface area contributed by atoms with Gasteiger partial charge < -0.3 is 15.2 Å². The van der Waals surface area contributed by atoms with Crippen LogP contribution in [-0.4, -0.2) is 69.8 Å². The first-order chi connectivity index (χ1) is 16.0. The lowest BCUT2D eigenvalue weighted by Gasteiger charge is -2.26. The molecule has 2 aromatic carbocycles. The first kappa shape index (κ1) is 22.5. The zero-order valence-electron chi connectivity index (χ0n) is 18.5. The molecule has 4 N–H and O–H groups in total. The van der Waals surface area contributed by atoms with Crippen molar-refractivity contribution in [2.75, 3.05) is 32.1 Å². The lowest BCUT2D eigenvalue weighted by molar-refractivity contribution is 0.179. The second kappa shape index (κ2) is 10.3. The molecule has 33 heavy (non-hydrogen) atoms. The number of nitrogens with zero attached hydrogens (tertiary/aromatic N) is 3. The number of carbonyl (C=O) groups excluding carboxylic acids is 1. The number of ether oxygens (including phenoxy) is 1. The monoisotopic (exact) mass is 448 g/mol. The van der Waals surface area contributed by atoms with Gasteiger partial charge in [-0.25, -0.2) is 4.79 Å². The maximum atomic E-state index is 13.2. The first-order valence-corrected chi connectivity index (χ1v) is 10.8. The number of benzene rings is 2. The van der Waals surface area contributed by atoms with Gasteiger partial charge in [0.05, 0.1) is 32.5 Å². The van der Waals surface area contributed by atoms with Crippen LogP contribution in [0.4, 0.5) is 10.5 Å². The lowest BCUT2D eigenvalue weighted by atomic mass is 10.1. The van der Waals surface area contributed by atoms with Crippen LogP contribution in [0.3, 0.4) is 0 Å². The quantitative estimate of drug-likeness (QED) is 0.327. The number of anilines is 1. The van der Waals surface area contributed by atoms with E-state index in [0.29, 0.717) is 30.9 Å². The van der Waals surface area contributed by atoms with E-state index in [1.54, 1.807) is 19.5 Å². The van der Waals surface area contributed by atoms with E-state index in [0.717, 1.165) is 16.7 Å². The number of rotatable bonds is 7. The molecule has 0 bridgehead atoms. The van der Waals surface area contributed by atoms with E-state index in [1.165, 1.54) is 4.90 Å². The van der Waals surface area contributed by atoms with E-state index in [-0.39, 0.29) is 25.0 Å². The zero-order chi connectivity index (χ0) is 23.2. The zero-order valence-corrected chi connectivity index (χ0v) is 18.5. The van der Waals surface area contributed by atoms with Gasteiger partial charge in [-0.1, -0.05) is 24.3 Å². The summed E-state index contributed by atoms with van der Waals surface area (Å²) < 4.78 is 5.30. The SMILES string of the molecule is COc1cccc(CN(C(=N)CN2CCC(O)C2)C(=O)Nc2ccc(-c3cn[nH]c3)cc2)c1. The normalized spacial score (nSPS) is 15.9. The van der Waals surface area contributed by atoms with Crippen molar-refractivity contribution in [2.24, 2.45) is 0 Å². The van der Waals surface area contributed by atoms with E-state index in [1.807, 2.05) is 53.4 Å². The minimum Gasteiger partial charge on any atom is -0.497 e. The minimum atomic E-state index is -0.390. The molecule has 9 nitrogen and oxygen atoms in total. The predicted molar refractivity (Wildman–Crippen MR) is 126 cm³/mol. The lowest BCUT2D eigenvalue weighted by Crippen LogP contribution is -2.44. The number of urea groups is 1. The van der Waals surface area contributed by atoms with Crippen LogP contribution < -0.4 is 10.1 Å². The van der Waals surface area contributed by atoms with Gasteiger partial charge in [0.2, 0.25) is 0 Å². The van der Waals surface area contributed by atoms with Crippen molar-refractivity contribution in [1.29, 1.82) is 5.41 Å². The van der Waals surface area contributed by atoms with Crippen molar-refractivity contribution >= 4 is 17.6 Å². The molecule has 3 aromatic rings. The van der Waals surface area contributed by atoms with Crippen LogP contribution in [0.1, 0.15) is 12.0 Å². The Labute approximate surface area is 192 Å². The van der Waals surface area contributed by atoms with E-state index in [2.05, 4.69) is 15.5 Å². The molecule has 9 heteroatoms. The van der Waals surface area contributed by atoms with Crippen LogP contribution in [0.5, 0.6) is 5.75 Å². The fraction of sp³-hybridized carbons (Fsp3) is 0.292. The molecule has 1 aliphatic rings. The second-order valence-electron chi connectivity index (χ2n) is 8.06. The van der Waals surface area contributed by atoms with Crippen molar-refractivity contribution < 1.29 is 14.6 Å². The first-order valence-electron chi connectivity index (χ1n) is 10.8. The highest BCUT2D eigenvalue weighted by atomic mass is 16.5. The summed E-state index contributed by atoms with van der Waals surface area (Å²) in [6.45, 7) is 1.72. The molecule has 1 fully saturated rings. The molecule has 2 amide bonds. The number of aliphatic hydroxyl groups excluding tert-OH is 1. The number of amides is 2. The molecule has 1 saturated heterocycles. The Morgan fingerprint density at radius 3 is 2.79 bits per heavy atom. The number of H-pyrrole nitrogens is 1. The smallest absolute Gasteiger partial charge is 0.327 e. The number of hydrogen-bond acceptors (Lipinski definition) is 6. The number of likely N-dealkylation sites (tertiary alicyclic amines) is 1. The maximum Gasteiger partial charge on any atom is 0.327 e. The van der Waals surface area contributed by atoms with Crippen LogP contribution >= 0.6 is 0 Å². The number of carbonyl (C=O) groups is 1. The van der Waals surface area contributed by atoms with E-state index in [9.17, 15) is 9.90 Å². The van der Waals surface area contributed by atoms with Crippen LogP contribution in [-0.2, 0) is 6.54 Å². The van der Waals surface area contributed by atoms with Crippen LogP contribution in [0, 0.1) is 5.41 Å².